The number of hydrogen-bond acceptors (Lipinski definition) is 8. The first kappa shape index (κ1) is 29.9. The Morgan fingerprint density at radius 1 is 0.500 bits per heavy atom. The molecule has 8 heteroatoms. The second-order valence-electron chi connectivity index (χ2n) is 6.42. The van der Waals surface area contributed by atoms with Crippen LogP contribution < -0.4 is 0 Å². The molecule has 0 fully saturated rings. The van der Waals surface area contributed by atoms with Crippen molar-refractivity contribution < 1.29 is 39.4 Å². The number of hydrogen-bond donors (Lipinski definition) is 4. The first-order chi connectivity index (χ1) is 13.4. The summed E-state index contributed by atoms with van der Waals surface area (Å²) < 4.78 is 21.9. The zero-order chi connectivity index (χ0) is 21.7. The summed E-state index contributed by atoms with van der Waals surface area (Å²) in [4.78, 5) is 0. The van der Waals surface area contributed by atoms with Gasteiger partial charge in [0.05, 0.1) is 39.6 Å². The average Bonchev–Trinajstić information content (AvgIpc) is 2.69. The van der Waals surface area contributed by atoms with Crippen LogP contribution in [0.25, 0.3) is 0 Å². The molecule has 0 bridgehead atoms. The number of aliphatic hydroxyl groups excluding tert-OH is 2. The molecule has 4 N–H and O–H groups in total. The van der Waals surface area contributed by atoms with Crippen LogP contribution in [-0.4, -0.2) is 72.0 Å². The summed E-state index contributed by atoms with van der Waals surface area (Å²) in [5.41, 5.74) is 0. The van der Waals surface area contributed by atoms with Crippen LogP contribution in [0.5, 0.6) is 0 Å². The molecule has 0 aromatic heterocycles. The topological polar surface area (TPSA) is 118 Å². The lowest BCUT2D eigenvalue weighted by Gasteiger charge is -2.40. The SMILES string of the molecule is CCCCOC(O)(OCCCC)C(O)(OCCCC)OCCCC.OCCO. The van der Waals surface area contributed by atoms with E-state index in [9.17, 15) is 10.2 Å². The molecular weight excluding hydrogens is 368 g/mol. The van der Waals surface area contributed by atoms with E-state index in [-0.39, 0.29) is 39.6 Å². The Bertz CT molecular complexity index is 265. The maximum atomic E-state index is 10.8. The summed E-state index contributed by atoms with van der Waals surface area (Å²) in [6.07, 6.45) is 6.54. The summed E-state index contributed by atoms with van der Waals surface area (Å²) in [6.45, 7) is 8.80. The Hall–Kier alpha value is -0.320. The monoisotopic (exact) mass is 412 g/mol. The molecule has 0 aromatic rings. The molecule has 0 rings (SSSR count). The van der Waals surface area contributed by atoms with Gasteiger partial charge in [0.1, 0.15) is 0 Å². The van der Waals surface area contributed by atoms with E-state index in [1.54, 1.807) is 0 Å². The van der Waals surface area contributed by atoms with E-state index < -0.39 is 11.9 Å². The molecule has 0 spiro atoms. The molecule has 0 amide bonds. The van der Waals surface area contributed by atoms with Crippen molar-refractivity contribution in [2.24, 2.45) is 0 Å². The van der Waals surface area contributed by atoms with Gasteiger partial charge in [-0.05, 0) is 25.7 Å². The summed E-state index contributed by atoms with van der Waals surface area (Å²) in [6, 6.07) is 0. The molecule has 0 aliphatic carbocycles. The van der Waals surface area contributed by atoms with Crippen LogP contribution in [0, 0.1) is 0 Å². The molecule has 0 aliphatic heterocycles. The van der Waals surface area contributed by atoms with E-state index in [0.29, 0.717) is 0 Å². The third kappa shape index (κ3) is 13.8. The molecular formula is C20H44O8. The maximum absolute atomic E-state index is 10.8. The number of ether oxygens (including phenoxy) is 4. The average molecular weight is 413 g/mol. The highest BCUT2D eigenvalue weighted by Crippen LogP contribution is 2.30. The van der Waals surface area contributed by atoms with Crippen LogP contribution >= 0.6 is 0 Å². The minimum atomic E-state index is -2.33. The van der Waals surface area contributed by atoms with E-state index in [2.05, 4.69) is 0 Å². The van der Waals surface area contributed by atoms with Gasteiger partial charge in [-0.1, -0.05) is 53.4 Å². The van der Waals surface area contributed by atoms with Crippen LogP contribution in [0.1, 0.15) is 79.1 Å². The van der Waals surface area contributed by atoms with Crippen LogP contribution in [0.3, 0.4) is 0 Å². The number of rotatable bonds is 18. The predicted molar refractivity (Wildman–Crippen MR) is 108 cm³/mol. The van der Waals surface area contributed by atoms with Gasteiger partial charge < -0.3 is 39.4 Å². The molecule has 0 saturated carbocycles. The van der Waals surface area contributed by atoms with Gasteiger partial charge >= 0.3 is 11.9 Å². The zero-order valence-electron chi connectivity index (χ0n) is 18.3. The fourth-order valence-electron chi connectivity index (χ4n) is 1.87. The highest BCUT2D eigenvalue weighted by Gasteiger charge is 2.56. The standard InChI is InChI=1S/C18H38O6.C2H6O2/c1-5-9-13-21-17(19,22-14-10-6-2)18(20,23-15-11-7-3)24-16-12-8-4;3-1-2-4/h19-20H,5-16H2,1-4H3;3-4H,1-2H2. The Morgan fingerprint density at radius 2 is 0.714 bits per heavy atom. The molecule has 0 unspecified atom stereocenters. The smallest absolute Gasteiger partial charge is 0.367 e. The highest BCUT2D eigenvalue weighted by molar-refractivity contribution is 4.70. The Labute approximate surface area is 170 Å². The molecule has 0 aromatic carbocycles. The lowest BCUT2D eigenvalue weighted by Crippen LogP contribution is -2.61. The van der Waals surface area contributed by atoms with Crippen molar-refractivity contribution in [2.45, 2.75) is 91.0 Å². The van der Waals surface area contributed by atoms with E-state index in [1.807, 2.05) is 27.7 Å². The van der Waals surface area contributed by atoms with Crippen molar-refractivity contribution in [1.29, 1.82) is 0 Å². The van der Waals surface area contributed by atoms with Gasteiger partial charge in [0.25, 0.3) is 0 Å². The van der Waals surface area contributed by atoms with Gasteiger partial charge in [0, 0.05) is 0 Å². The maximum Gasteiger partial charge on any atom is 0.367 e. The van der Waals surface area contributed by atoms with Crippen molar-refractivity contribution in [3.05, 3.63) is 0 Å². The molecule has 0 radical (unpaired) electrons. The fourth-order valence-corrected chi connectivity index (χ4v) is 1.87. The Kier molecular flexibility index (Phi) is 21.3. The second-order valence-corrected chi connectivity index (χ2v) is 6.42. The van der Waals surface area contributed by atoms with E-state index in [1.165, 1.54) is 0 Å². The van der Waals surface area contributed by atoms with E-state index in [4.69, 9.17) is 29.2 Å². The van der Waals surface area contributed by atoms with Gasteiger partial charge in [-0.25, -0.2) is 0 Å². The summed E-state index contributed by atoms with van der Waals surface area (Å²) >= 11 is 0. The minimum absolute atomic E-state index is 0.125. The molecule has 28 heavy (non-hydrogen) atoms. The molecule has 0 aliphatic rings. The Balaban J connectivity index is 0. The van der Waals surface area contributed by atoms with Crippen molar-refractivity contribution in [3.8, 4) is 0 Å². The van der Waals surface area contributed by atoms with Crippen molar-refractivity contribution >= 4 is 0 Å². The molecule has 0 atom stereocenters. The first-order valence-corrected chi connectivity index (χ1v) is 10.6. The quantitative estimate of drug-likeness (QED) is 0.200. The van der Waals surface area contributed by atoms with Crippen molar-refractivity contribution in [2.75, 3.05) is 39.6 Å². The summed E-state index contributed by atoms with van der Waals surface area (Å²) in [5.74, 6) is -4.67. The van der Waals surface area contributed by atoms with E-state index >= 15 is 0 Å². The molecule has 172 valence electrons. The predicted octanol–water partition coefficient (Wildman–Crippen LogP) is 2.52. The van der Waals surface area contributed by atoms with Crippen LogP contribution in [-0.2, 0) is 18.9 Å². The molecule has 8 nitrogen and oxygen atoms in total. The van der Waals surface area contributed by atoms with Gasteiger partial charge in [-0.15, -0.1) is 0 Å². The Morgan fingerprint density at radius 3 is 0.857 bits per heavy atom. The van der Waals surface area contributed by atoms with Crippen LogP contribution in [0.2, 0.25) is 0 Å². The largest absolute Gasteiger partial charge is 0.394 e. The molecule has 0 heterocycles. The van der Waals surface area contributed by atoms with Crippen LogP contribution in [0.15, 0.2) is 0 Å². The second kappa shape index (κ2) is 20.0. The van der Waals surface area contributed by atoms with Gasteiger partial charge in [0.2, 0.25) is 0 Å². The van der Waals surface area contributed by atoms with Crippen molar-refractivity contribution in [1.82, 2.24) is 0 Å². The third-order valence-electron chi connectivity index (χ3n) is 3.68. The summed E-state index contributed by atoms with van der Waals surface area (Å²) in [5, 5.41) is 36.9. The lowest BCUT2D eigenvalue weighted by atomic mass is 10.3. The third-order valence-corrected chi connectivity index (χ3v) is 3.68. The van der Waals surface area contributed by atoms with Gasteiger partial charge in [-0.3, -0.25) is 0 Å². The molecule has 0 saturated heterocycles. The number of unbranched alkanes of at least 4 members (excludes halogenated alkanes) is 4. The van der Waals surface area contributed by atoms with Crippen LogP contribution in [0.4, 0.5) is 0 Å². The summed E-state index contributed by atoms with van der Waals surface area (Å²) in [7, 11) is 0. The lowest BCUT2D eigenvalue weighted by molar-refractivity contribution is -0.546. The minimum Gasteiger partial charge on any atom is -0.394 e. The number of aliphatic hydroxyl groups is 4. The van der Waals surface area contributed by atoms with Crippen molar-refractivity contribution in [3.63, 3.8) is 0 Å². The normalized spacial score (nSPS) is 12.0. The van der Waals surface area contributed by atoms with E-state index in [0.717, 1.165) is 51.4 Å². The highest BCUT2D eigenvalue weighted by atomic mass is 16.9. The fraction of sp³-hybridized carbons (Fsp3) is 1.00. The first-order valence-electron chi connectivity index (χ1n) is 10.6. The van der Waals surface area contributed by atoms with Gasteiger partial charge in [0.15, 0.2) is 0 Å². The zero-order valence-corrected chi connectivity index (χ0v) is 18.3. The van der Waals surface area contributed by atoms with Gasteiger partial charge in [-0.2, -0.15) is 0 Å².